The number of halogens is 2. The van der Waals surface area contributed by atoms with Gasteiger partial charge >= 0.3 is 21.7 Å². The van der Waals surface area contributed by atoms with Gasteiger partial charge in [-0.2, -0.15) is 0 Å². The zero-order valence-corrected chi connectivity index (χ0v) is 23.6. The second-order valence-corrected chi connectivity index (χ2v) is 9.14. The molecule has 0 spiro atoms. The quantitative estimate of drug-likeness (QED) is 0.201. The molecule has 5 heteroatoms. The molecule has 180 valence electrons. The van der Waals surface area contributed by atoms with Gasteiger partial charge in [0.05, 0.1) is 0 Å². The predicted octanol–water partition coefficient (Wildman–Crippen LogP) is 2.41. The van der Waals surface area contributed by atoms with Crippen molar-refractivity contribution >= 4 is 65.2 Å². The Kier molecular flexibility index (Phi) is 7.60. The molecule has 0 fully saturated rings. The molecule has 0 saturated carbocycles. The number of aryl methyl sites for hydroxylation is 2. The van der Waals surface area contributed by atoms with Gasteiger partial charge in [0.25, 0.3) is 0 Å². The zero-order valence-electron chi connectivity index (χ0n) is 20.5. The molecule has 0 amide bonds. The van der Waals surface area contributed by atoms with Gasteiger partial charge < -0.3 is 33.9 Å². The van der Waals surface area contributed by atoms with E-state index in [0.29, 0.717) is 0 Å². The predicted molar refractivity (Wildman–Crippen MR) is 147 cm³/mol. The van der Waals surface area contributed by atoms with Crippen molar-refractivity contribution in [1.82, 2.24) is 9.13 Å². The number of nitrogens with zero attached hydrogens (tertiary/aromatic N) is 2. The third-order valence-electron chi connectivity index (χ3n) is 7.35. The van der Waals surface area contributed by atoms with Gasteiger partial charge in [-0.25, -0.2) is 0 Å². The molecular formula is C32H24Cl2N2Ti. The molecule has 8 aromatic rings. The summed E-state index contributed by atoms with van der Waals surface area (Å²) in [5.74, 6) is 0. The van der Waals surface area contributed by atoms with E-state index in [0.717, 1.165) is 0 Å². The summed E-state index contributed by atoms with van der Waals surface area (Å²) in [5, 5.41) is 10.9. The number of fused-ring (bicyclic) bond motifs is 10. The van der Waals surface area contributed by atoms with Gasteiger partial charge in [-0.15, -0.1) is 70.1 Å². The van der Waals surface area contributed by atoms with Crippen LogP contribution >= 0.6 is 0 Å². The molecule has 2 nitrogen and oxygen atoms in total. The molecule has 8 rings (SSSR count). The maximum atomic E-state index is 2.28. The third-order valence-corrected chi connectivity index (χ3v) is 7.35. The number of hydrogen-bond donors (Lipinski definition) is 0. The Hall–Kier alpha value is -3.01. The summed E-state index contributed by atoms with van der Waals surface area (Å²) in [6.07, 6.45) is 0. The van der Waals surface area contributed by atoms with Gasteiger partial charge in [-0.05, 0) is 33.9 Å². The molecule has 2 aromatic heterocycles. The fraction of sp³-hybridized carbons (Fsp3) is 0.0625. The van der Waals surface area contributed by atoms with Crippen molar-refractivity contribution in [2.75, 3.05) is 0 Å². The van der Waals surface area contributed by atoms with E-state index in [4.69, 9.17) is 0 Å². The second kappa shape index (κ2) is 10.4. The van der Waals surface area contributed by atoms with Gasteiger partial charge in [0, 0.05) is 25.1 Å². The molecule has 6 aromatic carbocycles. The van der Waals surface area contributed by atoms with Crippen molar-refractivity contribution in [1.29, 1.82) is 0 Å². The Morgan fingerprint density at radius 3 is 1.19 bits per heavy atom. The van der Waals surface area contributed by atoms with E-state index in [-0.39, 0.29) is 46.5 Å². The average Bonchev–Trinajstić information content (AvgIpc) is 3.60. The van der Waals surface area contributed by atoms with Gasteiger partial charge in [0.2, 0.25) is 0 Å². The van der Waals surface area contributed by atoms with Crippen LogP contribution in [0.25, 0.3) is 65.2 Å². The topological polar surface area (TPSA) is 9.86 Å². The first kappa shape index (κ1) is 27.0. The zero-order chi connectivity index (χ0) is 22.8. The third kappa shape index (κ3) is 4.00. The molecule has 0 unspecified atom stereocenters. The van der Waals surface area contributed by atoms with Gasteiger partial charge in [0.1, 0.15) is 0 Å². The molecule has 2 heterocycles. The SMILES string of the molecule is Cn1c2ccccc2c2c3ccccc3[cH-]c21.Cn1c2ccccc2c2c3ccccc3[cH-]c21.[Cl-].[Cl-].[Ti+4]. The molecule has 37 heavy (non-hydrogen) atoms. The van der Waals surface area contributed by atoms with Gasteiger partial charge in [0.15, 0.2) is 0 Å². The first-order valence-corrected chi connectivity index (χ1v) is 11.8. The van der Waals surface area contributed by atoms with Crippen LogP contribution in [-0.4, -0.2) is 9.13 Å². The van der Waals surface area contributed by atoms with Crippen molar-refractivity contribution in [3.05, 3.63) is 109 Å². The summed E-state index contributed by atoms with van der Waals surface area (Å²) >= 11 is 0. The van der Waals surface area contributed by atoms with Crippen molar-refractivity contribution in [3.8, 4) is 0 Å². The monoisotopic (exact) mass is 554 g/mol. The minimum absolute atomic E-state index is 0. The number of aromatic nitrogens is 2. The molecule has 0 aliphatic rings. The minimum atomic E-state index is 0. The maximum Gasteiger partial charge on any atom is 4.00 e. The van der Waals surface area contributed by atoms with Crippen LogP contribution in [0.15, 0.2) is 109 Å². The Morgan fingerprint density at radius 1 is 0.459 bits per heavy atom. The van der Waals surface area contributed by atoms with Crippen LogP contribution in [0.3, 0.4) is 0 Å². The molecular weight excluding hydrogens is 531 g/mol. The fourth-order valence-electron chi connectivity index (χ4n) is 5.73. The molecule has 0 aliphatic carbocycles. The van der Waals surface area contributed by atoms with Crippen LogP contribution < -0.4 is 24.8 Å². The van der Waals surface area contributed by atoms with Crippen molar-refractivity contribution < 1.29 is 46.5 Å². The largest absolute Gasteiger partial charge is 4.00 e. The van der Waals surface area contributed by atoms with Crippen LogP contribution in [0.5, 0.6) is 0 Å². The summed E-state index contributed by atoms with van der Waals surface area (Å²) in [6.45, 7) is 0. The number of para-hydroxylation sites is 2. The van der Waals surface area contributed by atoms with E-state index in [9.17, 15) is 0 Å². The fourth-order valence-corrected chi connectivity index (χ4v) is 5.73. The molecule has 0 bridgehead atoms. The van der Waals surface area contributed by atoms with E-state index in [1.807, 2.05) is 0 Å². The van der Waals surface area contributed by atoms with E-state index in [1.54, 1.807) is 0 Å². The number of benzene rings is 4. The minimum Gasteiger partial charge on any atom is -1.00 e. The molecule has 0 aliphatic heterocycles. The summed E-state index contributed by atoms with van der Waals surface area (Å²) in [5.41, 5.74) is 5.27. The van der Waals surface area contributed by atoms with Gasteiger partial charge in [-0.1, -0.05) is 59.3 Å². The Labute approximate surface area is 242 Å². The van der Waals surface area contributed by atoms with Crippen molar-refractivity contribution in [2.24, 2.45) is 14.1 Å². The number of hydrogen-bond acceptors (Lipinski definition) is 0. The number of rotatable bonds is 0. The average molecular weight is 555 g/mol. The van der Waals surface area contributed by atoms with E-state index >= 15 is 0 Å². The second-order valence-electron chi connectivity index (χ2n) is 9.14. The van der Waals surface area contributed by atoms with Crippen LogP contribution in [0.1, 0.15) is 0 Å². The smallest absolute Gasteiger partial charge is 1.00 e. The van der Waals surface area contributed by atoms with Crippen molar-refractivity contribution in [3.63, 3.8) is 0 Å². The van der Waals surface area contributed by atoms with Crippen LogP contribution in [0, 0.1) is 0 Å². The van der Waals surface area contributed by atoms with Crippen LogP contribution in [0.4, 0.5) is 0 Å². The van der Waals surface area contributed by atoms with Crippen LogP contribution in [-0.2, 0) is 35.8 Å². The first-order valence-electron chi connectivity index (χ1n) is 11.8. The maximum absolute atomic E-state index is 2.28. The summed E-state index contributed by atoms with van der Waals surface area (Å²) in [7, 11) is 4.28. The summed E-state index contributed by atoms with van der Waals surface area (Å²) in [6, 6.07) is 39.0. The summed E-state index contributed by atoms with van der Waals surface area (Å²) < 4.78 is 4.56. The normalized spacial score (nSPS) is 10.9. The van der Waals surface area contributed by atoms with Crippen molar-refractivity contribution in [2.45, 2.75) is 0 Å². The molecule has 0 N–H and O–H groups in total. The Morgan fingerprint density at radius 2 is 0.784 bits per heavy atom. The Bertz CT molecular complexity index is 1860. The summed E-state index contributed by atoms with van der Waals surface area (Å²) in [4.78, 5) is 0. The molecule has 0 saturated heterocycles. The molecule has 0 atom stereocenters. The van der Waals surface area contributed by atoms with Gasteiger partial charge in [-0.3, -0.25) is 0 Å². The first-order chi connectivity index (χ1) is 16.7. The standard InChI is InChI=1S/2C16H12N.2ClH.Ti/c2*1-17-14-9-5-4-8-13(14)16-12-7-3-2-6-11(12)10-15(16)17;;;/h2*2-10H,1H3;2*1H;/q2*-1;;;+4/p-2. The van der Waals surface area contributed by atoms with E-state index in [2.05, 4.69) is 132 Å². The van der Waals surface area contributed by atoms with E-state index in [1.165, 1.54) is 65.2 Å². The van der Waals surface area contributed by atoms with E-state index < -0.39 is 0 Å². The Balaban J connectivity index is 0.000000160. The molecule has 0 radical (unpaired) electrons. The van der Waals surface area contributed by atoms with Crippen LogP contribution in [0.2, 0.25) is 0 Å².